The van der Waals surface area contributed by atoms with E-state index in [0.717, 1.165) is 24.5 Å². The molecular formula is C18H25N5O2. The summed E-state index contributed by atoms with van der Waals surface area (Å²) in [5, 5.41) is 17.9. The van der Waals surface area contributed by atoms with Crippen LogP contribution in [0, 0.1) is 6.92 Å². The van der Waals surface area contributed by atoms with E-state index in [1.54, 1.807) is 17.1 Å². The molecule has 0 radical (unpaired) electrons. The quantitative estimate of drug-likeness (QED) is 0.821. The van der Waals surface area contributed by atoms with Gasteiger partial charge in [-0.05, 0) is 38.0 Å². The van der Waals surface area contributed by atoms with Gasteiger partial charge in [0.1, 0.15) is 5.82 Å². The highest BCUT2D eigenvalue weighted by Gasteiger charge is 2.34. The van der Waals surface area contributed by atoms with Crippen molar-refractivity contribution >= 4 is 11.7 Å². The van der Waals surface area contributed by atoms with E-state index < -0.39 is 5.60 Å². The Balaban J connectivity index is 1.49. The van der Waals surface area contributed by atoms with Gasteiger partial charge in [0.15, 0.2) is 0 Å². The summed E-state index contributed by atoms with van der Waals surface area (Å²) in [6.45, 7) is 4.10. The summed E-state index contributed by atoms with van der Waals surface area (Å²) in [6, 6.07) is 7.67. The Bertz CT molecular complexity index is 703. The molecule has 1 aliphatic heterocycles. The average Bonchev–Trinajstić information content (AvgIpc) is 3.04. The van der Waals surface area contributed by atoms with Crippen LogP contribution in [0.1, 0.15) is 25.0 Å². The fourth-order valence-electron chi connectivity index (χ4n) is 3.18. The highest BCUT2D eigenvalue weighted by Crippen LogP contribution is 2.24. The van der Waals surface area contributed by atoms with Gasteiger partial charge in [-0.25, -0.2) is 4.98 Å². The SMILES string of the molecule is Cc1ccnn1CCC(=O)NCC1(O)CCCN(c2ccccn2)C1. The third-order valence-electron chi connectivity index (χ3n) is 4.62. The van der Waals surface area contributed by atoms with Crippen LogP contribution in [0.4, 0.5) is 5.82 Å². The van der Waals surface area contributed by atoms with E-state index in [-0.39, 0.29) is 12.5 Å². The second-order valence-electron chi connectivity index (χ2n) is 6.66. The first-order valence-corrected chi connectivity index (χ1v) is 8.69. The number of pyridine rings is 1. The molecule has 1 atom stereocenters. The van der Waals surface area contributed by atoms with Crippen molar-refractivity contribution in [1.29, 1.82) is 0 Å². The van der Waals surface area contributed by atoms with Crippen LogP contribution in [0.3, 0.4) is 0 Å². The number of rotatable bonds is 6. The zero-order chi connectivity index (χ0) is 17.7. The minimum Gasteiger partial charge on any atom is -0.386 e. The number of nitrogens with one attached hydrogen (secondary N) is 1. The molecule has 7 nitrogen and oxygen atoms in total. The van der Waals surface area contributed by atoms with Crippen LogP contribution in [-0.2, 0) is 11.3 Å². The van der Waals surface area contributed by atoms with Crippen molar-refractivity contribution < 1.29 is 9.90 Å². The Morgan fingerprint density at radius 1 is 1.36 bits per heavy atom. The number of amides is 1. The number of aliphatic hydroxyl groups is 1. The number of hydrogen-bond acceptors (Lipinski definition) is 5. The van der Waals surface area contributed by atoms with E-state index >= 15 is 0 Å². The van der Waals surface area contributed by atoms with Crippen LogP contribution >= 0.6 is 0 Å². The lowest BCUT2D eigenvalue weighted by Crippen LogP contribution is -2.54. The Kier molecular flexibility index (Phi) is 5.33. The molecule has 0 aromatic carbocycles. The van der Waals surface area contributed by atoms with Gasteiger partial charge in [-0.15, -0.1) is 0 Å². The van der Waals surface area contributed by atoms with E-state index in [9.17, 15) is 9.90 Å². The van der Waals surface area contributed by atoms with Crippen LogP contribution in [0.15, 0.2) is 36.7 Å². The minimum absolute atomic E-state index is 0.0710. The van der Waals surface area contributed by atoms with Gasteiger partial charge in [0.2, 0.25) is 5.91 Å². The van der Waals surface area contributed by atoms with Crippen LogP contribution in [0.5, 0.6) is 0 Å². The lowest BCUT2D eigenvalue weighted by Gasteiger charge is -2.39. The second-order valence-corrected chi connectivity index (χ2v) is 6.66. The number of carbonyl (C=O) groups is 1. The fraction of sp³-hybridized carbons (Fsp3) is 0.500. The van der Waals surface area contributed by atoms with Crippen molar-refractivity contribution in [1.82, 2.24) is 20.1 Å². The summed E-state index contributed by atoms with van der Waals surface area (Å²) in [4.78, 5) is 18.5. The molecule has 2 aromatic rings. The van der Waals surface area contributed by atoms with E-state index in [4.69, 9.17) is 0 Å². The van der Waals surface area contributed by atoms with Gasteiger partial charge in [-0.1, -0.05) is 6.07 Å². The fourth-order valence-corrected chi connectivity index (χ4v) is 3.18. The van der Waals surface area contributed by atoms with Gasteiger partial charge in [0.25, 0.3) is 0 Å². The zero-order valence-corrected chi connectivity index (χ0v) is 14.6. The van der Waals surface area contributed by atoms with Crippen LogP contribution in [0.25, 0.3) is 0 Å². The Morgan fingerprint density at radius 3 is 2.96 bits per heavy atom. The van der Waals surface area contributed by atoms with Gasteiger partial charge in [-0.3, -0.25) is 9.48 Å². The Hall–Kier alpha value is -2.41. The number of aryl methyl sites for hydroxylation is 2. The molecule has 1 unspecified atom stereocenters. The predicted octanol–water partition coefficient (Wildman–Crippen LogP) is 1.12. The Morgan fingerprint density at radius 2 is 2.24 bits per heavy atom. The summed E-state index contributed by atoms with van der Waals surface area (Å²) >= 11 is 0. The minimum atomic E-state index is -0.924. The van der Waals surface area contributed by atoms with Gasteiger partial charge in [0, 0.05) is 50.7 Å². The van der Waals surface area contributed by atoms with Gasteiger partial charge < -0.3 is 15.3 Å². The third-order valence-corrected chi connectivity index (χ3v) is 4.62. The van der Waals surface area contributed by atoms with E-state index in [2.05, 4.69) is 20.3 Å². The Labute approximate surface area is 147 Å². The first-order chi connectivity index (χ1) is 12.1. The molecular weight excluding hydrogens is 318 g/mol. The molecule has 0 spiro atoms. The molecule has 1 amide bonds. The lowest BCUT2D eigenvalue weighted by molar-refractivity contribution is -0.122. The van der Waals surface area contributed by atoms with Crippen LogP contribution in [0.2, 0.25) is 0 Å². The highest BCUT2D eigenvalue weighted by atomic mass is 16.3. The third kappa shape index (κ3) is 4.57. The number of β-amino-alcohol motifs (C(OH)–C–C–N with tert-alkyl or cyclic N) is 1. The smallest absolute Gasteiger partial charge is 0.221 e. The molecule has 0 aliphatic carbocycles. The summed E-state index contributed by atoms with van der Waals surface area (Å²) in [5.41, 5.74) is 0.109. The molecule has 7 heteroatoms. The normalized spacial score (nSPS) is 20.5. The summed E-state index contributed by atoms with van der Waals surface area (Å²) in [6.07, 6.45) is 5.37. The maximum absolute atomic E-state index is 12.1. The topological polar surface area (TPSA) is 83.3 Å². The molecule has 25 heavy (non-hydrogen) atoms. The average molecular weight is 343 g/mol. The van der Waals surface area contributed by atoms with Gasteiger partial charge in [-0.2, -0.15) is 5.10 Å². The van der Waals surface area contributed by atoms with Gasteiger partial charge in [0.05, 0.1) is 5.60 Å². The van der Waals surface area contributed by atoms with Crippen molar-refractivity contribution in [2.75, 3.05) is 24.5 Å². The number of nitrogens with zero attached hydrogens (tertiary/aromatic N) is 4. The lowest BCUT2D eigenvalue weighted by atomic mass is 9.92. The molecule has 2 aromatic heterocycles. The molecule has 1 fully saturated rings. The van der Waals surface area contributed by atoms with Crippen molar-refractivity contribution in [3.05, 3.63) is 42.4 Å². The number of carbonyl (C=O) groups excluding carboxylic acids is 1. The molecule has 0 saturated carbocycles. The zero-order valence-electron chi connectivity index (χ0n) is 14.6. The maximum Gasteiger partial charge on any atom is 0.221 e. The number of piperidine rings is 1. The molecule has 2 N–H and O–H groups in total. The van der Waals surface area contributed by atoms with Gasteiger partial charge >= 0.3 is 0 Å². The maximum atomic E-state index is 12.1. The van der Waals surface area contributed by atoms with Crippen molar-refractivity contribution in [3.63, 3.8) is 0 Å². The highest BCUT2D eigenvalue weighted by molar-refractivity contribution is 5.75. The summed E-state index contributed by atoms with van der Waals surface area (Å²) in [5.74, 6) is 0.791. The van der Waals surface area contributed by atoms with Crippen molar-refractivity contribution in [2.45, 2.75) is 38.3 Å². The largest absolute Gasteiger partial charge is 0.386 e. The monoisotopic (exact) mass is 343 g/mol. The first kappa shape index (κ1) is 17.4. The van der Waals surface area contributed by atoms with Crippen molar-refractivity contribution in [3.8, 4) is 0 Å². The number of aromatic nitrogens is 3. The number of anilines is 1. The van der Waals surface area contributed by atoms with E-state index in [1.807, 2.05) is 31.2 Å². The first-order valence-electron chi connectivity index (χ1n) is 8.69. The summed E-state index contributed by atoms with van der Waals surface area (Å²) < 4.78 is 1.80. The molecule has 3 rings (SSSR count). The van der Waals surface area contributed by atoms with Crippen molar-refractivity contribution in [2.24, 2.45) is 0 Å². The molecule has 134 valence electrons. The molecule has 0 bridgehead atoms. The predicted molar refractivity (Wildman–Crippen MR) is 95.2 cm³/mol. The molecule has 3 heterocycles. The standard InChI is InChI=1S/C18H25N5O2/c1-15-6-10-21-23(15)12-7-17(24)20-13-18(25)8-4-11-22(14-18)16-5-2-3-9-19-16/h2-3,5-6,9-10,25H,4,7-8,11-14H2,1H3,(H,20,24). The molecule has 1 saturated heterocycles. The second kappa shape index (κ2) is 7.65. The van der Waals surface area contributed by atoms with Crippen LogP contribution < -0.4 is 10.2 Å². The van der Waals surface area contributed by atoms with E-state index in [1.165, 1.54) is 0 Å². The molecule has 1 aliphatic rings. The van der Waals surface area contributed by atoms with E-state index in [0.29, 0.717) is 25.9 Å². The summed E-state index contributed by atoms with van der Waals surface area (Å²) in [7, 11) is 0. The van der Waals surface area contributed by atoms with Crippen LogP contribution in [-0.4, -0.2) is 51.0 Å². The number of hydrogen-bond donors (Lipinski definition) is 2.